The Kier molecular flexibility index (Phi) is 5.49. The lowest BCUT2D eigenvalue weighted by molar-refractivity contribution is -0.127. The number of benzene rings is 2. The molecule has 1 aliphatic heterocycles. The molecule has 3 rings (SSSR count). The first-order chi connectivity index (χ1) is 12.2. The highest BCUT2D eigenvalue weighted by Crippen LogP contribution is 2.19. The van der Waals surface area contributed by atoms with Crippen LogP contribution in [0, 0.1) is 5.82 Å². The molecular weight excluding hydrogens is 315 g/mol. The van der Waals surface area contributed by atoms with Crippen LogP contribution in [0.15, 0.2) is 60.2 Å². The van der Waals surface area contributed by atoms with Gasteiger partial charge in [0, 0.05) is 37.4 Å². The zero-order valence-corrected chi connectivity index (χ0v) is 14.5. The highest BCUT2D eigenvalue weighted by atomic mass is 19.1. The molecule has 0 aromatic heterocycles. The van der Waals surface area contributed by atoms with E-state index in [0.717, 1.165) is 29.9 Å². The fourth-order valence-corrected chi connectivity index (χ4v) is 3.09. The minimum Gasteiger partial charge on any atom is -0.368 e. The van der Waals surface area contributed by atoms with E-state index in [2.05, 4.69) is 4.90 Å². The summed E-state index contributed by atoms with van der Waals surface area (Å²) >= 11 is 0. The Morgan fingerprint density at radius 2 is 1.64 bits per heavy atom. The maximum atomic E-state index is 13.1. The number of anilines is 1. The predicted octanol–water partition coefficient (Wildman–Crippen LogP) is 3.97. The van der Waals surface area contributed by atoms with E-state index >= 15 is 0 Å². The van der Waals surface area contributed by atoms with Crippen molar-refractivity contribution in [3.05, 3.63) is 71.6 Å². The number of piperazine rings is 1. The Morgan fingerprint density at radius 3 is 2.24 bits per heavy atom. The number of carbonyl (C=O) groups excluding carboxylic acids is 1. The first kappa shape index (κ1) is 17.2. The van der Waals surface area contributed by atoms with E-state index in [4.69, 9.17) is 0 Å². The topological polar surface area (TPSA) is 23.6 Å². The van der Waals surface area contributed by atoms with Gasteiger partial charge in [-0.05, 0) is 42.3 Å². The summed E-state index contributed by atoms with van der Waals surface area (Å²) in [5.41, 5.74) is 2.89. The maximum Gasteiger partial charge on any atom is 0.249 e. The summed E-state index contributed by atoms with van der Waals surface area (Å²) in [4.78, 5) is 16.9. The number of carbonyl (C=O) groups is 1. The van der Waals surface area contributed by atoms with Crippen LogP contribution in [-0.2, 0) is 4.79 Å². The van der Waals surface area contributed by atoms with E-state index < -0.39 is 0 Å². The molecule has 3 nitrogen and oxygen atoms in total. The molecule has 0 N–H and O–H groups in total. The predicted molar refractivity (Wildman–Crippen MR) is 99.9 cm³/mol. The molecule has 0 unspecified atom stereocenters. The molecule has 1 heterocycles. The summed E-state index contributed by atoms with van der Waals surface area (Å²) in [5.74, 6) is -0.110. The third-order valence-electron chi connectivity index (χ3n) is 4.55. The van der Waals surface area contributed by atoms with E-state index in [1.807, 2.05) is 48.2 Å². The largest absolute Gasteiger partial charge is 0.368 e. The first-order valence-corrected chi connectivity index (χ1v) is 8.73. The third-order valence-corrected chi connectivity index (χ3v) is 4.55. The standard InChI is InChI=1S/C21H23FN2O/c1-2-18(16-17-6-4-3-5-7-17)21(25)24-14-12-23(13-15-24)20-10-8-19(22)9-11-20/h3-11,16H,2,12-15H2,1H3/b18-16+. The number of amides is 1. The van der Waals surface area contributed by atoms with Crippen LogP contribution in [0.2, 0.25) is 0 Å². The minimum absolute atomic E-state index is 0.116. The molecule has 0 radical (unpaired) electrons. The summed E-state index contributed by atoms with van der Waals surface area (Å²) in [6, 6.07) is 16.5. The summed E-state index contributed by atoms with van der Waals surface area (Å²) in [5, 5.41) is 0. The average Bonchev–Trinajstić information content (AvgIpc) is 2.67. The highest BCUT2D eigenvalue weighted by molar-refractivity contribution is 5.97. The molecule has 0 spiro atoms. The number of hydrogen-bond donors (Lipinski definition) is 0. The van der Waals surface area contributed by atoms with Crippen LogP contribution in [0.25, 0.3) is 6.08 Å². The summed E-state index contributed by atoms with van der Waals surface area (Å²) < 4.78 is 13.1. The van der Waals surface area contributed by atoms with Gasteiger partial charge in [0.15, 0.2) is 0 Å². The number of rotatable bonds is 4. The molecule has 0 saturated carbocycles. The van der Waals surface area contributed by atoms with Crippen LogP contribution in [-0.4, -0.2) is 37.0 Å². The van der Waals surface area contributed by atoms with Crippen LogP contribution >= 0.6 is 0 Å². The Hall–Kier alpha value is -2.62. The van der Waals surface area contributed by atoms with Crippen molar-refractivity contribution < 1.29 is 9.18 Å². The molecule has 1 fully saturated rings. The number of nitrogens with zero attached hydrogens (tertiary/aromatic N) is 2. The molecule has 25 heavy (non-hydrogen) atoms. The Bertz CT molecular complexity index is 732. The SMILES string of the molecule is CC/C(=C\c1ccccc1)C(=O)N1CCN(c2ccc(F)cc2)CC1. The fraction of sp³-hybridized carbons (Fsp3) is 0.286. The van der Waals surface area contributed by atoms with Gasteiger partial charge in [0.2, 0.25) is 5.91 Å². The molecule has 1 aliphatic rings. The Morgan fingerprint density at radius 1 is 1.00 bits per heavy atom. The van der Waals surface area contributed by atoms with Crippen molar-refractivity contribution in [3.63, 3.8) is 0 Å². The van der Waals surface area contributed by atoms with Crippen LogP contribution in [0.1, 0.15) is 18.9 Å². The highest BCUT2D eigenvalue weighted by Gasteiger charge is 2.23. The second-order valence-corrected chi connectivity index (χ2v) is 6.19. The van der Waals surface area contributed by atoms with Gasteiger partial charge in [-0.25, -0.2) is 4.39 Å². The molecule has 0 aliphatic carbocycles. The van der Waals surface area contributed by atoms with Crippen molar-refractivity contribution in [2.45, 2.75) is 13.3 Å². The normalized spacial score (nSPS) is 15.4. The van der Waals surface area contributed by atoms with E-state index in [1.54, 1.807) is 12.1 Å². The molecule has 130 valence electrons. The quantitative estimate of drug-likeness (QED) is 0.788. The Labute approximate surface area is 148 Å². The van der Waals surface area contributed by atoms with Gasteiger partial charge in [0.05, 0.1) is 0 Å². The number of halogens is 1. The van der Waals surface area contributed by atoms with Gasteiger partial charge >= 0.3 is 0 Å². The zero-order chi connectivity index (χ0) is 17.6. The van der Waals surface area contributed by atoms with Gasteiger partial charge in [-0.15, -0.1) is 0 Å². The molecule has 2 aromatic carbocycles. The Balaban J connectivity index is 1.64. The van der Waals surface area contributed by atoms with Gasteiger partial charge < -0.3 is 9.80 Å². The van der Waals surface area contributed by atoms with Crippen LogP contribution in [0.3, 0.4) is 0 Å². The third kappa shape index (κ3) is 4.27. The fourth-order valence-electron chi connectivity index (χ4n) is 3.09. The van der Waals surface area contributed by atoms with Gasteiger partial charge in [-0.3, -0.25) is 4.79 Å². The van der Waals surface area contributed by atoms with Gasteiger partial charge in [0.1, 0.15) is 5.82 Å². The lowest BCUT2D eigenvalue weighted by Crippen LogP contribution is -2.49. The lowest BCUT2D eigenvalue weighted by Gasteiger charge is -2.36. The van der Waals surface area contributed by atoms with Crippen molar-refractivity contribution in [2.24, 2.45) is 0 Å². The van der Waals surface area contributed by atoms with E-state index in [0.29, 0.717) is 19.5 Å². The van der Waals surface area contributed by atoms with Crippen molar-refractivity contribution in [1.29, 1.82) is 0 Å². The minimum atomic E-state index is -0.226. The number of hydrogen-bond acceptors (Lipinski definition) is 2. The van der Waals surface area contributed by atoms with Crippen LogP contribution < -0.4 is 4.90 Å². The van der Waals surface area contributed by atoms with Gasteiger partial charge in [0.25, 0.3) is 0 Å². The van der Waals surface area contributed by atoms with Crippen molar-refractivity contribution >= 4 is 17.7 Å². The molecular formula is C21H23FN2O. The molecule has 2 aromatic rings. The summed E-state index contributed by atoms with van der Waals surface area (Å²) in [7, 11) is 0. The van der Waals surface area contributed by atoms with Gasteiger partial charge in [-0.2, -0.15) is 0 Å². The second kappa shape index (κ2) is 7.97. The molecule has 0 atom stereocenters. The summed E-state index contributed by atoms with van der Waals surface area (Å²) in [6.45, 7) is 4.91. The van der Waals surface area contributed by atoms with Crippen LogP contribution in [0.5, 0.6) is 0 Å². The van der Waals surface area contributed by atoms with Crippen LogP contribution in [0.4, 0.5) is 10.1 Å². The van der Waals surface area contributed by atoms with Crippen molar-refractivity contribution in [1.82, 2.24) is 4.90 Å². The molecule has 1 amide bonds. The maximum absolute atomic E-state index is 13.1. The average molecular weight is 338 g/mol. The van der Waals surface area contributed by atoms with Gasteiger partial charge in [-0.1, -0.05) is 37.3 Å². The molecule has 1 saturated heterocycles. The molecule has 4 heteroatoms. The first-order valence-electron chi connectivity index (χ1n) is 8.73. The van der Waals surface area contributed by atoms with Crippen molar-refractivity contribution in [3.8, 4) is 0 Å². The zero-order valence-electron chi connectivity index (χ0n) is 14.5. The van der Waals surface area contributed by atoms with E-state index in [-0.39, 0.29) is 11.7 Å². The molecule has 0 bridgehead atoms. The van der Waals surface area contributed by atoms with Crippen molar-refractivity contribution in [2.75, 3.05) is 31.1 Å². The second-order valence-electron chi connectivity index (χ2n) is 6.19. The van der Waals surface area contributed by atoms with E-state index in [9.17, 15) is 9.18 Å². The smallest absolute Gasteiger partial charge is 0.249 e. The monoisotopic (exact) mass is 338 g/mol. The van der Waals surface area contributed by atoms with E-state index in [1.165, 1.54) is 12.1 Å². The summed E-state index contributed by atoms with van der Waals surface area (Å²) in [6.07, 6.45) is 2.70. The lowest BCUT2D eigenvalue weighted by atomic mass is 10.1.